The van der Waals surface area contributed by atoms with Gasteiger partial charge in [-0.05, 0) is 23.8 Å². The highest BCUT2D eigenvalue weighted by Crippen LogP contribution is 2.35. The Hall–Kier alpha value is -3.74. The Balaban J connectivity index is 1.58. The van der Waals surface area contributed by atoms with E-state index in [1.165, 1.54) is 36.7 Å². The molecule has 4 aromatic heterocycles. The van der Waals surface area contributed by atoms with Gasteiger partial charge in [0, 0.05) is 41.5 Å². The lowest BCUT2D eigenvalue weighted by Gasteiger charge is -2.22. The Bertz CT molecular complexity index is 1420. The van der Waals surface area contributed by atoms with Crippen molar-refractivity contribution in [1.82, 2.24) is 19.9 Å². The van der Waals surface area contributed by atoms with Crippen LogP contribution >= 0.6 is 0 Å². The van der Waals surface area contributed by atoms with Crippen LogP contribution in [0.1, 0.15) is 22.7 Å². The highest BCUT2D eigenvalue weighted by Gasteiger charge is 2.41. The van der Waals surface area contributed by atoms with Crippen LogP contribution in [0.15, 0.2) is 55.1 Å². The number of aromatic amines is 1. The van der Waals surface area contributed by atoms with Gasteiger partial charge in [-0.15, -0.1) is 0 Å². The van der Waals surface area contributed by atoms with E-state index in [0.717, 1.165) is 12.5 Å². The van der Waals surface area contributed by atoms with Gasteiger partial charge in [0.25, 0.3) is 0 Å². The van der Waals surface area contributed by atoms with Crippen molar-refractivity contribution in [1.29, 1.82) is 0 Å². The van der Waals surface area contributed by atoms with Crippen molar-refractivity contribution in [3.8, 4) is 0 Å². The maximum absolute atomic E-state index is 14.7. The summed E-state index contributed by atoms with van der Waals surface area (Å²) in [7, 11) is -3.51. The molecule has 0 spiro atoms. The molecule has 0 bridgehead atoms. The number of nitrogens with zero attached hydrogens (tertiary/aromatic N) is 3. The van der Waals surface area contributed by atoms with E-state index in [-0.39, 0.29) is 29.1 Å². The molecule has 0 aliphatic heterocycles. The maximum Gasteiger partial charge on any atom is 0.412 e. The van der Waals surface area contributed by atoms with Crippen LogP contribution < -0.4 is 10.0 Å². The topological polar surface area (TPSA) is 113 Å². The number of alkyl halides is 3. The van der Waals surface area contributed by atoms with Gasteiger partial charge in [-0.2, -0.15) is 17.6 Å². The first kappa shape index (κ1) is 23.4. The lowest BCUT2D eigenvalue weighted by molar-refractivity contribution is -0.144. The van der Waals surface area contributed by atoms with Gasteiger partial charge >= 0.3 is 6.18 Å². The summed E-state index contributed by atoms with van der Waals surface area (Å²) in [6.07, 6.45) is 1.76. The minimum atomic E-state index is -4.66. The van der Waals surface area contributed by atoms with Crippen molar-refractivity contribution in [2.75, 3.05) is 16.3 Å². The quantitative estimate of drug-likeness (QED) is 0.263. The summed E-state index contributed by atoms with van der Waals surface area (Å²) < 4.78 is 80.6. The SMILES string of the molecule is CS(=O)(=O)Nc1cnc2[nH]cc(Cc3ccc(NC(c4cccnc4)C(F)(F)F)nc3F)c2c1. The van der Waals surface area contributed by atoms with Crippen LogP contribution in [0.4, 0.5) is 29.1 Å². The monoisotopic (exact) mass is 494 g/mol. The molecule has 3 N–H and O–H groups in total. The smallest absolute Gasteiger partial charge is 0.355 e. The van der Waals surface area contributed by atoms with E-state index in [9.17, 15) is 26.0 Å². The third kappa shape index (κ3) is 5.42. The number of sulfonamides is 1. The predicted molar refractivity (Wildman–Crippen MR) is 118 cm³/mol. The summed E-state index contributed by atoms with van der Waals surface area (Å²) in [6.45, 7) is 0. The van der Waals surface area contributed by atoms with E-state index < -0.39 is 28.2 Å². The summed E-state index contributed by atoms with van der Waals surface area (Å²) in [5, 5.41) is 2.78. The van der Waals surface area contributed by atoms with E-state index >= 15 is 0 Å². The van der Waals surface area contributed by atoms with Crippen LogP contribution in [-0.2, 0) is 16.4 Å². The van der Waals surface area contributed by atoms with Gasteiger partial charge in [-0.3, -0.25) is 9.71 Å². The predicted octanol–water partition coefficient (Wildman–Crippen LogP) is 4.17. The molecule has 34 heavy (non-hydrogen) atoms. The van der Waals surface area contributed by atoms with Crippen LogP contribution in [0, 0.1) is 5.95 Å². The van der Waals surface area contributed by atoms with Gasteiger partial charge < -0.3 is 10.3 Å². The normalized spacial score (nSPS) is 13.1. The van der Waals surface area contributed by atoms with Crippen LogP contribution in [0.5, 0.6) is 0 Å². The van der Waals surface area contributed by atoms with Crippen LogP contribution in [0.25, 0.3) is 11.0 Å². The average molecular weight is 494 g/mol. The second-order valence-electron chi connectivity index (χ2n) is 7.54. The van der Waals surface area contributed by atoms with Crippen molar-refractivity contribution in [2.45, 2.75) is 18.6 Å². The van der Waals surface area contributed by atoms with E-state index in [1.807, 2.05) is 0 Å². The summed E-state index contributed by atoms with van der Waals surface area (Å²) in [6, 6.07) is 4.68. The Morgan fingerprint density at radius 1 is 1.15 bits per heavy atom. The first-order chi connectivity index (χ1) is 16.0. The van der Waals surface area contributed by atoms with Crippen LogP contribution in [0.3, 0.4) is 0 Å². The van der Waals surface area contributed by atoms with Crippen molar-refractivity contribution < 1.29 is 26.0 Å². The molecule has 1 unspecified atom stereocenters. The molecule has 0 radical (unpaired) electrons. The number of halogens is 4. The van der Waals surface area contributed by atoms with Crippen LogP contribution in [-0.4, -0.2) is 40.8 Å². The van der Waals surface area contributed by atoms with Gasteiger partial charge in [0.2, 0.25) is 16.0 Å². The van der Waals surface area contributed by atoms with Crippen molar-refractivity contribution >= 4 is 32.6 Å². The molecular weight excluding hydrogens is 476 g/mol. The van der Waals surface area contributed by atoms with Crippen molar-refractivity contribution in [3.05, 3.63) is 77.8 Å². The number of hydrogen-bond acceptors (Lipinski definition) is 6. The maximum atomic E-state index is 14.7. The molecule has 0 saturated heterocycles. The number of H-pyrrole nitrogens is 1. The molecule has 4 rings (SSSR count). The number of rotatable bonds is 7. The molecule has 1 atom stereocenters. The summed E-state index contributed by atoms with van der Waals surface area (Å²) in [5.74, 6) is -1.22. The van der Waals surface area contributed by atoms with Crippen LogP contribution in [0.2, 0.25) is 0 Å². The van der Waals surface area contributed by atoms with E-state index in [4.69, 9.17) is 0 Å². The Morgan fingerprint density at radius 2 is 1.94 bits per heavy atom. The molecule has 13 heteroatoms. The summed E-state index contributed by atoms with van der Waals surface area (Å²) in [5.41, 5.74) is 1.31. The second-order valence-corrected chi connectivity index (χ2v) is 9.29. The first-order valence-corrected chi connectivity index (χ1v) is 11.7. The molecule has 4 heterocycles. The molecule has 178 valence electrons. The van der Waals surface area contributed by atoms with Crippen molar-refractivity contribution in [2.24, 2.45) is 0 Å². The molecular formula is C21H18F4N6O2S. The minimum Gasteiger partial charge on any atom is -0.355 e. The van der Waals surface area contributed by atoms with Gasteiger partial charge in [-0.25, -0.2) is 18.4 Å². The molecule has 8 nitrogen and oxygen atoms in total. The molecule has 0 fully saturated rings. The Kier molecular flexibility index (Phi) is 6.13. The lowest BCUT2D eigenvalue weighted by atomic mass is 10.1. The highest BCUT2D eigenvalue weighted by molar-refractivity contribution is 7.92. The Morgan fingerprint density at radius 3 is 2.59 bits per heavy atom. The third-order valence-electron chi connectivity index (χ3n) is 4.86. The third-order valence-corrected chi connectivity index (χ3v) is 5.47. The van der Waals surface area contributed by atoms with E-state index in [0.29, 0.717) is 16.6 Å². The zero-order chi connectivity index (χ0) is 24.5. The minimum absolute atomic E-state index is 0.0500. The van der Waals surface area contributed by atoms with Gasteiger partial charge in [0.05, 0.1) is 18.1 Å². The molecule has 0 aromatic carbocycles. The molecule has 0 amide bonds. The first-order valence-electron chi connectivity index (χ1n) is 9.82. The molecule has 0 saturated carbocycles. The largest absolute Gasteiger partial charge is 0.412 e. The Labute approximate surface area is 191 Å². The fraction of sp³-hybridized carbons (Fsp3) is 0.190. The molecule has 4 aromatic rings. The molecule has 0 aliphatic carbocycles. The lowest BCUT2D eigenvalue weighted by Crippen LogP contribution is -2.28. The average Bonchev–Trinajstić information content (AvgIpc) is 3.14. The zero-order valence-corrected chi connectivity index (χ0v) is 18.4. The number of pyridine rings is 3. The van der Waals surface area contributed by atoms with Crippen molar-refractivity contribution in [3.63, 3.8) is 0 Å². The second kappa shape index (κ2) is 8.89. The summed E-state index contributed by atoms with van der Waals surface area (Å²) in [4.78, 5) is 14.4. The zero-order valence-electron chi connectivity index (χ0n) is 17.6. The number of fused-ring (bicyclic) bond motifs is 1. The highest BCUT2D eigenvalue weighted by atomic mass is 32.2. The van der Waals surface area contributed by atoms with Gasteiger partial charge in [-0.1, -0.05) is 12.1 Å². The summed E-state index contributed by atoms with van der Waals surface area (Å²) >= 11 is 0. The van der Waals surface area contributed by atoms with E-state index in [1.54, 1.807) is 12.3 Å². The number of aromatic nitrogens is 4. The molecule has 0 aliphatic rings. The number of anilines is 2. The van der Waals surface area contributed by atoms with Gasteiger partial charge in [0.1, 0.15) is 11.5 Å². The standard InChI is InChI=1S/C21H18F4N6O2S/c1-34(32,33)31-15-8-16-14(10-27-20(16)28-11-15)7-12-4-5-17(30-19(12)22)29-18(21(23,24)25)13-3-2-6-26-9-13/h2-6,8-11,18,31H,7H2,1H3,(H,27,28)(H,29,30). The number of nitrogens with one attached hydrogen (secondary N) is 3. The van der Waals surface area contributed by atoms with Gasteiger partial charge in [0.15, 0.2) is 6.04 Å². The fourth-order valence-corrected chi connectivity index (χ4v) is 3.94. The fourth-order valence-electron chi connectivity index (χ4n) is 3.40. The van der Waals surface area contributed by atoms with E-state index in [2.05, 4.69) is 30.0 Å². The number of hydrogen-bond donors (Lipinski definition) is 3.